The summed E-state index contributed by atoms with van der Waals surface area (Å²) >= 11 is 0. The van der Waals surface area contributed by atoms with Gasteiger partial charge in [-0.15, -0.1) is 0 Å². The predicted octanol–water partition coefficient (Wildman–Crippen LogP) is -0.622. The molecule has 14 heavy (non-hydrogen) atoms. The van der Waals surface area contributed by atoms with E-state index >= 15 is 0 Å². The molecule has 0 aromatic heterocycles. The molecule has 0 aliphatic rings. The molecular formula is C9H17N3O2. The summed E-state index contributed by atoms with van der Waals surface area (Å²) < 4.78 is 0. The molecule has 5 heteroatoms. The van der Waals surface area contributed by atoms with Gasteiger partial charge < -0.3 is 15.7 Å². The van der Waals surface area contributed by atoms with Crippen LogP contribution in [0.4, 0.5) is 0 Å². The highest BCUT2D eigenvalue weighted by molar-refractivity contribution is 5.78. The smallest absolute Gasteiger partial charge is 0.234 e. The monoisotopic (exact) mass is 199 g/mol. The molecular weight excluding hydrogens is 182 g/mol. The zero-order valence-corrected chi connectivity index (χ0v) is 8.25. The fourth-order valence-electron chi connectivity index (χ4n) is 0.941. The van der Waals surface area contributed by atoms with E-state index in [-0.39, 0.29) is 25.6 Å². The number of hydrogen-bond donors (Lipinski definition) is 3. The normalized spacial score (nSPS) is 9.43. The third kappa shape index (κ3) is 8.97. The lowest BCUT2D eigenvalue weighted by Crippen LogP contribution is -2.34. The summed E-state index contributed by atoms with van der Waals surface area (Å²) in [6.07, 6.45) is 2.72. The maximum atomic E-state index is 10.9. The van der Waals surface area contributed by atoms with Gasteiger partial charge in [0.2, 0.25) is 5.91 Å². The van der Waals surface area contributed by atoms with E-state index < -0.39 is 0 Å². The summed E-state index contributed by atoms with van der Waals surface area (Å²) in [6, 6.07) is 1.83. The van der Waals surface area contributed by atoms with Crippen LogP contribution in [0.5, 0.6) is 0 Å². The summed E-state index contributed by atoms with van der Waals surface area (Å²) in [6.45, 7) is 1.30. The molecule has 1 amide bonds. The molecule has 3 N–H and O–H groups in total. The number of unbranched alkanes of at least 4 members (excludes halogenated alkanes) is 2. The van der Waals surface area contributed by atoms with Crippen molar-refractivity contribution in [2.75, 3.05) is 26.2 Å². The molecule has 0 heterocycles. The van der Waals surface area contributed by atoms with E-state index in [2.05, 4.69) is 10.6 Å². The Hall–Kier alpha value is -1.12. The molecule has 0 fully saturated rings. The van der Waals surface area contributed by atoms with Crippen molar-refractivity contribution in [3.05, 3.63) is 0 Å². The van der Waals surface area contributed by atoms with Crippen molar-refractivity contribution in [3.63, 3.8) is 0 Å². The van der Waals surface area contributed by atoms with Gasteiger partial charge in [0.05, 0.1) is 12.6 Å². The van der Waals surface area contributed by atoms with Crippen molar-refractivity contribution < 1.29 is 9.90 Å². The van der Waals surface area contributed by atoms with Gasteiger partial charge in [0.25, 0.3) is 0 Å². The summed E-state index contributed by atoms with van der Waals surface area (Å²) in [5.41, 5.74) is 0. The Morgan fingerprint density at radius 2 is 2.14 bits per heavy atom. The van der Waals surface area contributed by atoms with Crippen LogP contribution in [0.3, 0.4) is 0 Å². The fourth-order valence-corrected chi connectivity index (χ4v) is 0.941. The van der Waals surface area contributed by atoms with Crippen LogP contribution in [0.15, 0.2) is 0 Å². The van der Waals surface area contributed by atoms with Gasteiger partial charge in [-0.2, -0.15) is 5.26 Å². The third-order valence-electron chi connectivity index (χ3n) is 1.66. The third-order valence-corrected chi connectivity index (χ3v) is 1.66. The van der Waals surface area contributed by atoms with Gasteiger partial charge in [-0.05, 0) is 25.8 Å². The highest BCUT2D eigenvalue weighted by Crippen LogP contribution is 1.91. The Morgan fingerprint density at radius 1 is 1.36 bits per heavy atom. The van der Waals surface area contributed by atoms with Crippen LogP contribution in [0.2, 0.25) is 0 Å². The second kappa shape index (κ2) is 9.96. The molecule has 0 aromatic rings. The molecule has 0 saturated heterocycles. The van der Waals surface area contributed by atoms with E-state index in [0.717, 1.165) is 25.8 Å². The number of nitrogens with one attached hydrogen (secondary N) is 2. The van der Waals surface area contributed by atoms with Crippen molar-refractivity contribution >= 4 is 5.91 Å². The first-order valence-corrected chi connectivity index (χ1v) is 4.76. The lowest BCUT2D eigenvalue weighted by Gasteiger charge is -2.03. The molecule has 0 radical (unpaired) electrons. The van der Waals surface area contributed by atoms with Crippen molar-refractivity contribution in [1.82, 2.24) is 10.6 Å². The van der Waals surface area contributed by atoms with E-state index in [9.17, 15) is 4.79 Å². The van der Waals surface area contributed by atoms with E-state index in [4.69, 9.17) is 10.4 Å². The van der Waals surface area contributed by atoms with Crippen LogP contribution in [0, 0.1) is 11.3 Å². The van der Waals surface area contributed by atoms with Crippen LogP contribution in [0.25, 0.3) is 0 Å². The number of nitriles is 1. The number of aliphatic hydroxyl groups excluding tert-OH is 1. The Bertz CT molecular complexity index is 189. The van der Waals surface area contributed by atoms with Gasteiger partial charge in [0.15, 0.2) is 0 Å². The predicted molar refractivity (Wildman–Crippen MR) is 52.4 cm³/mol. The van der Waals surface area contributed by atoms with Crippen LogP contribution in [0.1, 0.15) is 19.3 Å². The Kier molecular flexibility index (Phi) is 9.17. The maximum Gasteiger partial charge on any atom is 0.234 e. The summed E-state index contributed by atoms with van der Waals surface area (Å²) in [7, 11) is 0. The van der Waals surface area contributed by atoms with Crippen LogP contribution >= 0.6 is 0 Å². The van der Waals surface area contributed by atoms with Crippen molar-refractivity contribution in [2.45, 2.75) is 19.3 Å². The van der Waals surface area contributed by atoms with Crippen molar-refractivity contribution in [3.8, 4) is 6.07 Å². The number of carbonyl (C=O) groups is 1. The lowest BCUT2D eigenvalue weighted by atomic mass is 10.2. The molecule has 0 rings (SSSR count). The zero-order valence-electron chi connectivity index (χ0n) is 8.25. The molecule has 0 aliphatic heterocycles. The van der Waals surface area contributed by atoms with E-state index in [1.54, 1.807) is 0 Å². The standard InChI is InChI=1S/C9H17N3O2/c10-4-6-12-9(14)8-11-5-2-1-3-7-13/h11,13H,1-3,5-8H2,(H,12,14). The maximum absolute atomic E-state index is 10.9. The quantitative estimate of drug-likeness (QED) is 0.359. The number of carbonyl (C=O) groups excluding carboxylic acids is 1. The summed E-state index contributed by atoms with van der Waals surface area (Å²) in [5.74, 6) is -0.159. The minimum absolute atomic E-state index is 0.0605. The largest absolute Gasteiger partial charge is 0.396 e. The Balaban J connectivity index is 3.11. The number of nitrogens with zero attached hydrogens (tertiary/aromatic N) is 1. The average Bonchev–Trinajstić information content (AvgIpc) is 2.20. The highest BCUT2D eigenvalue weighted by Gasteiger charge is 1.97. The molecule has 0 atom stereocenters. The van der Waals surface area contributed by atoms with Gasteiger partial charge in [0.1, 0.15) is 6.54 Å². The number of amides is 1. The zero-order chi connectivity index (χ0) is 10.6. The van der Waals surface area contributed by atoms with Gasteiger partial charge >= 0.3 is 0 Å². The average molecular weight is 199 g/mol. The van der Waals surface area contributed by atoms with E-state index in [1.807, 2.05) is 6.07 Å². The molecule has 0 bridgehead atoms. The first kappa shape index (κ1) is 12.9. The molecule has 0 unspecified atom stereocenters. The number of rotatable bonds is 8. The van der Waals surface area contributed by atoms with E-state index in [0.29, 0.717) is 0 Å². The molecule has 0 saturated carbocycles. The Morgan fingerprint density at radius 3 is 2.79 bits per heavy atom. The van der Waals surface area contributed by atoms with E-state index in [1.165, 1.54) is 0 Å². The van der Waals surface area contributed by atoms with Gasteiger partial charge in [-0.1, -0.05) is 0 Å². The Labute approximate surface area is 84.1 Å². The SMILES string of the molecule is N#CCNC(=O)CNCCCCCO. The first-order valence-electron chi connectivity index (χ1n) is 4.76. The highest BCUT2D eigenvalue weighted by atomic mass is 16.2. The van der Waals surface area contributed by atoms with Crippen LogP contribution in [-0.2, 0) is 4.79 Å². The lowest BCUT2D eigenvalue weighted by molar-refractivity contribution is -0.120. The second-order valence-electron chi connectivity index (χ2n) is 2.90. The number of hydrogen-bond acceptors (Lipinski definition) is 4. The second-order valence-corrected chi connectivity index (χ2v) is 2.90. The molecule has 0 spiro atoms. The summed E-state index contributed by atoms with van der Waals surface area (Å²) in [4.78, 5) is 10.9. The fraction of sp³-hybridized carbons (Fsp3) is 0.778. The minimum Gasteiger partial charge on any atom is -0.396 e. The topological polar surface area (TPSA) is 85.2 Å². The minimum atomic E-state index is -0.159. The van der Waals surface area contributed by atoms with Gasteiger partial charge in [0, 0.05) is 6.61 Å². The first-order chi connectivity index (χ1) is 6.81. The van der Waals surface area contributed by atoms with Crippen LogP contribution in [-0.4, -0.2) is 37.3 Å². The molecule has 5 nitrogen and oxygen atoms in total. The molecule has 0 aromatic carbocycles. The summed E-state index contributed by atoms with van der Waals surface area (Å²) in [5, 5.41) is 22.0. The van der Waals surface area contributed by atoms with Gasteiger partial charge in [-0.25, -0.2) is 0 Å². The molecule has 80 valence electrons. The molecule has 0 aliphatic carbocycles. The van der Waals surface area contributed by atoms with Crippen molar-refractivity contribution in [2.24, 2.45) is 0 Å². The van der Waals surface area contributed by atoms with Crippen molar-refractivity contribution in [1.29, 1.82) is 5.26 Å². The van der Waals surface area contributed by atoms with Crippen LogP contribution < -0.4 is 10.6 Å². The van der Waals surface area contributed by atoms with Gasteiger partial charge in [-0.3, -0.25) is 4.79 Å². The number of aliphatic hydroxyl groups is 1.